The average molecular weight is 443 g/mol. The molecule has 0 aliphatic carbocycles. The molecule has 0 heterocycles. The molecule has 0 saturated carbocycles. The maximum Gasteiger partial charge on any atom is -0.0196 e. The van der Waals surface area contributed by atoms with E-state index in [9.17, 15) is 0 Å². The van der Waals surface area contributed by atoms with Crippen LogP contribution in [-0.4, -0.2) is 13.1 Å². The summed E-state index contributed by atoms with van der Waals surface area (Å²) in [5.41, 5.74) is 2.14. The first kappa shape index (κ1) is 21.0. The minimum absolute atomic E-state index is 0.556. The van der Waals surface area contributed by atoms with Gasteiger partial charge in [-0.1, -0.05) is 91.3 Å². The average Bonchev–Trinajstić information content (AvgIpc) is 2.74. The van der Waals surface area contributed by atoms with Crippen LogP contribution in [0.1, 0.15) is 6.42 Å². The van der Waals surface area contributed by atoms with Crippen LogP contribution in [0.5, 0.6) is 0 Å². The van der Waals surface area contributed by atoms with Crippen LogP contribution in [0.15, 0.2) is 84.9 Å². The standard InChI is InChI=1S/C23H20N2.2ClH.Ti/c1-3-12-20-18(8-1)10-5-14-22(20)24-16-7-17-25-23-15-6-11-19-9-2-4-13-21(19)23;;;/h1-6,8-15H,7,16-17H2;2*1H;/q-2;;;+2/p-2. The quantitative estimate of drug-likeness (QED) is 0.211. The molecule has 4 aromatic carbocycles. The van der Waals surface area contributed by atoms with E-state index < -0.39 is 17.0 Å². The monoisotopic (exact) mass is 442 g/mol. The van der Waals surface area contributed by atoms with E-state index in [0.29, 0.717) is 0 Å². The van der Waals surface area contributed by atoms with Gasteiger partial charge in [0.2, 0.25) is 0 Å². The summed E-state index contributed by atoms with van der Waals surface area (Å²) < 4.78 is 0. The summed E-state index contributed by atoms with van der Waals surface area (Å²) in [7, 11) is 9.78. The molecule has 0 aromatic heterocycles. The molecular formula is C23H20Cl2N2Ti-2. The van der Waals surface area contributed by atoms with E-state index in [2.05, 4.69) is 84.9 Å². The van der Waals surface area contributed by atoms with Gasteiger partial charge >= 0.3 is 35.6 Å². The van der Waals surface area contributed by atoms with Crippen molar-refractivity contribution < 1.29 is 17.0 Å². The first-order valence-electron chi connectivity index (χ1n) is 9.10. The van der Waals surface area contributed by atoms with Gasteiger partial charge in [0.05, 0.1) is 0 Å². The van der Waals surface area contributed by atoms with Crippen molar-refractivity contribution in [3.8, 4) is 0 Å². The predicted octanol–water partition coefficient (Wildman–Crippen LogP) is 8.47. The summed E-state index contributed by atoms with van der Waals surface area (Å²) in [6.07, 6.45) is 0.951. The van der Waals surface area contributed by atoms with Crippen molar-refractivity contribution in [1.82, 2.24) is 0 Å². The Morgan fingerprint density at radius 1 is 0.571 bits per heavy atom. The molecule has 5 heteroatoms. The van der Waals surface area contributed by atoms with Crippen molar-refractivity contribution in [3.05, 3.63) is 95.6 Å². The van der Waals surface area contributed by atoms with Gasteiger partial charge in [-0.05, 0) is 21.5 Å². The molecule has 0 radical (unpaired) electrons. The zero-order valence-electron chi connectivity index (χ0n) is 15.4. The fraction of sp³-hybridized carbons (Fsp3) is 0.130. The van der Waals surface area contributed by atoms with Gasteiger partial charge in [0.15, 0.2) is 0 Å². The number of rotatable bonds is 6. The molecule has 4 rings (SSSR count). The molecule has 0 atom stereocenters. The third-order valence-corrected chi connectivity index (χ3v) is 4.41. The fourth-order valence-electron chi connectivity index (χ4n) is 3.16. The van der Waals surface area contributed by atoms with Crippen LogP contribution < -0.4 is 0 Å². The van der Waals surface area contributed by atoms with Gasteiger partial charge in [0.25, 0.3) is 0 Å². The van der Waals surface area contributed by atoms with Gasteiger partial charge in [-0.3, -0.25) is 0 Å². The molecule has 142 valence electrons. The molecule has 4 aromatic rings. The molecule has 2 nitrogen and oxygen atoms in total. The Morgan fingerprint density at radius 3 is 1.43 bits per heavy atom. The van der Waals surface area contributed by atoms with E-state index in [1.165, 1.54) is 21.5 Å². The number of fused-ring (bicyclic) bond motifs is 2. The molecule has 0 aliphatic heterocycles. The summed E-state index contributed by atoms with van der Waals surface area (Å²) in [4.78, 5) is 0. The van der Waals surface area contributed by atoms with Crippen LogP contribution in [0.4, 0.5) is 11.4 Å². The Kier molecular flexibility index (Phi) is 8.51. The fourth-order valence-corrected chi connectivity index (χ4v) is 3.16. The van der Waals surface area contributed by atoms with Gasteiger partial charge < -0.3 is 10.6 Å². The molecule has 0 fully saturated rings. The van der Waals surface area contributed by atoms with E-state index in [-0.39, 0.29) is 0 Å². The minimum atomic E-state index is -0.556. The number of hydrogen-bond acceptors (Lipinski definition) is 0. The Balaban J connectivity index is 0.000000706. The Hall–Kier alpha value is -1.71. The van der Waals surface area contributed by atoms with E-state index in [1.54, 1.807) is 0 Å². The summed E-state index contributed by atoms with van der Waals surface area (Å²) in [5, 5.41) is 14.5. The minimum Gasteiger partial charge on any atom is -0.684 e. The van der Waals surface area contributed by atoms with Crippen molar-refractivity contribution in [1.29, 1.82) is 0 Å². The van der Waals surface area contributed by atoms with E-state index in [4.69, 9.17) is 29.2 Å². The molecule has 0 unspecified atom stereocenters. The molecule has 0 bridgehead atoms. The van der Waals surface area contributed by atoms with Crippen molar-refractivity contribution in [2.45, 2.75) is 6.42 Å². The third-order valence-electron chi connectivity index (χ3n) is 4.41. The number of hydrogen-bond donors (Lipinski definition) is 0. The van der Waals surface area contributed by atoms with E-state index >= 15 is 0 Å². The van der Waals surface area contributed by atoms with E-state index in [1.807, 2.05) is 0 Å². The van der Waals surface area contributed by atoms with Gasteiger partial charge in [0.1, 0.15) is 0 Å². The summed E-state index contributed by atoms with van der Waals surface area (Å²) in [6, 6.07) is 29.4. The first-order valence-corrected chi connectivity index (χ1v) is 13.4. The first-order chi connectivity index (χ1) is 13.8. The van der Waals surface area contributed by atoms with Gasteiger partial charge in [0, 0.05) is 0 Å². The molecule has 0 aliphatic rings. The third kappa shape index (κ3) is 5.65. The molecular weight excluding hydrogens is 423 g/mol. The Labute approximate surface area is 182 Å². The van der Waals surface area contributed by atoms with Crippen LogP contribution >= 0.6 is 18.6 Å². The van der Waals surface area contributed by atoms with Gasteiger partial charge in [-0.25, -0.2) is 0 Å². The van der Waals surface area contributed by atoms with Crippen LogP contribution in [0.25, 0.3) is 32.2 Å². The summed E-state index contributed by atoms with van der Waals surface area (Å²) in [5.74, 6) is 0. The number of nitrogens with zero attached hydrogens (tertiary/aromatic N) is 2. The topological polar surface area (TPSA) is 28.2 Å². The SMILES string of the molecule is [Cl][Ti][Cl].c1ccc2c([N-]CCC[N-]c3cccc4ccccc34)cccc2c1. The summed E-state index contributed by atoms with van der Waals surface area (Å²) >= 11 is -0.556. The second-order valence-corrected chi connectivity index (χ2v) is 8.76. The largest absolute Gasteiger partial charge is 0.684 e. The van der Waals surface area contributed by atoms with Crippen molar-refractivity contribution >= 4 is 51.5 Å². The molecule has 28 heavy (non-hydrogen) atoms. The van der Waals surface area contributed by atoms with Gasteiger partial charge in [-0.15, -0.1) is 24.5 Å². The second kappa shape index (κ2) is 11.3. The molecule has 0 spiro atoms. The van der Waals surface area contributed by atoms with Crippen LogP contribution in [0.2, 0.25) is 0 Å². The molecule has 0 N–H and O–H groups in total. The number of halogens is 2. The van der Waals surface area contributed by atoms with E-state index in [0.717, 1.165) is 30.9 Å². The van der Waals surface area contributed by atoms with Crippen molar-refractivity contribution in [3.63, 3.8) is 0 Å². The maximum absolute atomic E-state index is 4.89. The van der Waals surface area contributed by atoms with Crippen LogP contribution in [-0.2, 0) is 17.0 Å². The predicted molar refractivity (Wildman–Crippen MR) is 120 cm³/mol. The zero-order valence-corrected chi connectivity index (χ0v) is 18.4. The normalized spacial score (nSPS) is 10.2. The van der Waals surface area contributed by atoms with Crippen molar-refractivity contribution in [2.24, 2.45) is 0 Å². The number of benzene rings is 4. The second-order valence-electron chi connectivity index (χ2n) is 6.18. The Morgan fingerprint density at radius 2 is 0.964 bits per heavy atom. The van der Waals surface area contributed by atoms with Gasteiger partial charge in [-0.2, -0.15) is 0 Å². The molecule has 0 amide bonds. The zero-order chi connectivity index (χ0) is 19.6. The smallest absolute Gasteiger partial charge is 0.0196 e. The Bertz CT molecular complexity index is 931. The molecule has 0 saturated heterocycles. The summed E-state index contributed by atoms with van der Waals surface area (Å²) in [6.45, 7) is 1.59. The van der Waals surface area contributed by atoms with Crippen LogP contribution in [0.3, 0.4) is 0 Å². The van der Waals surface area contributed by atoms with Crippen LogP contribution in [0, 0.1) is 0 Å². The maximum atomic E-state index is 4.89. The van der Waals surface area contributed by atoms with Crippen molar-refractivity contribution in [2.75, 3.05) is 13.1 Å².